The highest BCUT2D eigenvalue weighted by Gasteiger charge is 2.16. The Morgan fingerprint density at radius 3 is 2.71 bits per heavy atom. The van der Waals surface area contributed by atoms with E-state index < -0.39 is 5.60 Å². The van der Waals surface area contributed by atoms with Crippen LogP contribution >= 0.6 is 0 Å². The van der Waals surface area contributed by atoms with E-state index in [2.05, 4.69) is 9.97 Å². The van der Waals surface area contributed by atoms with Crippen LogP contribution in [-0.4, -0.2) is 15.1 Å². The molecule has 0 aliphatic heterocycles. The zero-order valence-electron chi connectivity index (χ0n) is 9.86. The van der Waals surface area contributed by atoms with E-state index in [4.69, 9.17) is 0 Å². The van der Waals surface area contributed by atoms with Gasteiger partial charge in [0, 0.05) is 22.5 Å². The maximum absolute atomic E-state index is 10.0. The van der Waals surface area contributed by atoms with E-state index in [1.807, 2.05) is 30.5 Å². The van der Waals surface area contributed by atoms with E-state index in [9.17, 15) is 5.11 Å². The average molecular weight is 226 g/mol. The number of pyridine rings is 1. The fourth-order valence-electron chi connectivity index (χ4n) is 2.13. The lowest BCUT2D eigenvalue weighted by Gasteiger charge is -2.17. The van der Waals surface area contributed by atoms with Crippen LogP contribution in [0.4, 0.5) is 0 Å². The number of benzene rings is 1. The van der Waals surface area contributed by atoms with Crippen LogP contribution in [0.2, 0.25) is 0 Å². The van der Waals surface area contributed by atoms with Gasteiger partial charge in [0.25, 0.3) is 0 Å². The molecule has 0 saturated carbocycles. The van der Waals surface area contributed by atoms with Gasteiger partial charge in [0.15, 0.2) is 0 Å². The molecule has 3 heteroatoms. The van der Waals surface area contributed by atoms with Crippen LogP contribution in [0.15, 0.2) is 36.7 Å². The summed E-state index contributed by atoms with van der Waals surface area (Å²) < 4.78 is 0. The number of aromatic amines is 1. The molecule has 3 rings (SSSR count). The summed E-state index contributed by atoms with van der Waals surface area (Å²) >= 11 is 0. The van der Waals surface area contributed by atoms with Gasteiger partial charge in [0.1, 0.15) is 0 Å². The van der Waals surface area contributed by atoms with Crippen LogP contribution in [0.3, 0.4) is 0 Å². The van der Waals surface area contributed by atoms with Crippen molar-refractivity contribution in [3.8, 4) is 0 Å². The highest BCUT2D eigenvalue weighted by atomic mass is 16.3. The summed E-state index contributed by atoms with van der Waals surface area (Å²) in [7, 11) is 0. The van der Waals surface area contributed by atoms with Crippen LogP contribution in [0.25, 0.3) is 21.8 Å². The van der Waals surface area contributed by atoms with Crippen molar-refractivity contribution >= 4 is 21.8 Å². The Kier molecular flexibility index (Phi) is 2.00. The molecule has 17 heavy (non-hydrogen) atoms. The summed E-state index contributed by atoms with van der Waals surface area (Å²) in [5.41, 5.74) is 2.20. The van der Waals surface area contributed by atoms with Crippen LogP contribution in [0.5, 0.6) is 0 Å². The van der Waals surface area contributed by atoms with E-state index in [1.165, 1.54) is 0 Å². The first-order valence-electron chi connectivity index (χ1n) is 5.64. The fraction of sp³-hybridized carbons (Fsp3) is 0.214. The standard InChI is InChI=1S/C14H14N2O/c1-14(2,17)9-3-4-12-11(7-9)10-5-6-15-8-13(10)16-12/h3-8,16-17H,1-2H3. The molecular weight excluding hydrogens is 212 g/mol. The minimum atomic E-state index is -0.815. The number of nitrogens with zero attached hydrogens (tertiary/aromatic N) is 1. The molecule has 0 atom stereocenters. The maximum Gasteiger partial charge on any atom is 0.0840 e. The molecule has 2 N–H and O–H groups in total. The fourth-order valence-corrected chi connectivity index (χ4v) is 2.13. The van der Waals surface area contributed by atoms with Crippen molar-refractivity contribution in [2.75, 3.05) is 0 Å². The van der Waals surface area contributed by atoms with Gasteiger partial charge in [-0.1, -0.05) is 6.07 Å². The second-order valence-corrected chi connectivity index (χ2v) is 4.87. The Balaban J connectivity index is 2.38. The molecule has 0 amide bonds. The van der Waals surface area contributed by atoms with E-state index >= 15 is 0 Å². The van der Waals surface area contributed by atoms with E-state index in [1.54, 1.807) is 20.0 Å². The number of rotatable bonds is 1. The first-order chi connectivity index (χ1) is 8.05. The molecule has 0 radical (unpaired) electrons. The average Bonchev–Trinajstić information content (AvgIpc) is 2.65. The van der Waals surface area contributed by atoms with Gasteiger partial charge in [0.05, 0.1) is 17.3 Å². The van der Waals surface area contributed by atoms with Gasteiger partial charge in [-0.15, -0.1) is 0 Å². The largest absolute Gasteiger partial charge is 0.386 e. The first kappa shape index (κ1) is 10.3. The lowest BCUT2D eigenvalue weighted by Crippen LogP contribution is -2.14. The van der Waals surface area contributed by atoms with Crippen LogP contribution in [-0.2, 0) is 5.60 Å². The molecule has 0 aliphatic rings. The zero-order chi connectivity index (χ0) is 12.0. The van der Waals surface area contributed by atoms with Crippen LogP contribution in [0, 0.1) is 0 Å². The van der Waals surface area contributed by atoms with Crippen molar-refractivity contribution in [2.45, 2.75) is 19.4 Å². The molecule has 0 unspecified atom stereocenters. The minimum Gasteiger partial charge on any atom is -0.386 e. The first-order valence-corrected chi connectivity index (χ1v) is 5.64. The van der Waals surface area contributed by atoms with Gasteiger partial charge in [0.2, 0.25) is 0 Å². The number of hydrogen-bond donors (Lipinski definition) is 2. The molecule has 3 aromatic rings. The predicted molar refractivity (Wildman–Crippen MR) is 68.8 cm³/mol. The SMILES string of the molecule is CC(C)(O)c1ccc2[nH]c3cnccc3c2c1. The molecule has 2 heterocycles. The summed E-state index contributed by atoms with van der Waals surface area (Å²) in [6, 6.07) is 7.98. The Labute approximate surface area is 99.1 Å². The van der Waals surface area contributed by atoms with Crippen molar-refractivity contribution in [3.05, 3.63) is 42.2 Å². The topological polar surface area (TPSA) is 48.9 Å². The zero-order valence-corrected chi connectivity index (χ0v) is 9.86. The van der Waals surface area contributed by atoms with E-state index in [0.29, 0.717) is 0 Å². The number of aromatic nitrogens is 2. The lowest BCUT2D eigenvalue weighted by atomic mass is 9.97. The van der Waals surface area contributed by atoms with Crippen molar-refractivity contribution in [1.82, 2.24) is 9.97 Å². The summed E-state index contributed by atoms with van der Waals surface area (Å²) in [5, 5.41) is 12.3. The number of fused-ring (bicyclic) bond motifs is 3. The third kappa shape index (κ3) is 1.59. The van der Waals surface area contributed by atoms with Gasteiger partial charge in [-0.3, -0.25) is 4.98 Å². The van der Waals surface area contributed by atoms with Crippen LogP contribution in [0.1, 0.15) is 19.4 Å². The number of H-pyrrole nitrogens is 1. The lowest BCUT2D eigenvalue weighted by molar-refractivity contribution is 0.0787. The van der Waals surface area contributed by atoms with E-state index in [-0.39, 0.29) is 0 Å². The molecule has 3 nitrogen and oxygen atoms in total. The number of hydrogen-bond acceptors (Lipinski definition) is 2. The monoisotopic (exact) mass is 226 g/mol. The van der Waals surface area contributed by atoms with Gasteiger partial charge >= 0.3 is 0 Å². The third-order valence-electron chi connectivity index (χ3n) is 3.11. The molecule has 2 aromatic heterocycles. The molecule has 0 fully saturated rings. The van der Waals surface area contributed by atoms with Gasteiger partial charge in [-0.25, -0.2) is 0 Å². The summed E-state index contributed by atoms with van der Waals surface area (Å²) in [6.45, 7) is 3.59. The van der Waals surface area contributed by atoms with Gasteiger partial charge in [-0.2, -0.15) is 0 Å². The molecular formula is C14H14N2O. The molecule has 86 valence electrons. The summed E-state index contributed by atoms with van der Waals surface area (Å²) in [4.78, 5) is 7.41. The highest BCUT2D eigenvalue weighted by molar-refractivity contribution is 6.07. The Morgan fingerprint density at radius 2 is 1.94 bits per heavy atom. The Hall–Kier alpha value is -1.87. The Morgan fingerprint density at radius 1 is 1.12 bits per heavy atom. The second kappa shape index (κ2) is 3.31. The van der Waals surface area contributed by atoms with Crippen molar-refractivity contribution in [1.29, 1.82) is 0 Å². The molecule has 0 saturated heterocycles. The Bertz CT molecular complexity index is 692. The minimum absolute atomic E-state index is 0.815. The highest BCUT2D eigenvalue weighted by Crippen LogP contribution is 2.29. The predicted octanol–water partition coefficient (Wildman–Crippen LogP) is 2.94. The molecule has 0 bridgehead atoms. The molecule has 1 aromatic carbocycles. The summed E-state index contributed by atoms with van der Waals surface area (Å²) in [5.74, 6) is 0. The second-order valence-electron chi connectivity index (χ2n) is 4.87. The smallest absolute Gasteiger partial charge is 0.0840 e. The van der Waals surface area contributed by atoms with Crippen molar-refractivity contribution in [3.63, 3.8) is 0 Å². The van der Waals surface area contributed by atoms with Crippen LogP contribution < -0.4 is 0 Å². The van der Waals surface area contributed by atoms with Gasteiger partial charge < -0.3 is 10.1 Å². The quantitative estimate of drug-likeness (QED) is 0.670. The maximum atomic E-state index is 10.0. The summed E-state index contributed by atoms with van der Waals surface area (Å²) in [6.07, 6.45) is 3.60. The normalized spacial score (nSPS) is 12.4. The molecule has 0 spiro atoms. The van der Waals surface area contributed by atoms with Crippen molar-refractivity contribution < 1.29 is 5.11 Å². The number of aliphatic hydroxyl groups is 1. The molecule has 0 aliphatic carbocycles. The third-order valence-corrected chi connectivity index (χ3v) is 3.11. The van der Waals surface area contributed by atoms with Crippen molar-refractivity contribution in [2.24, 2.45) is 0 Å². The number of nitrogens with one attached hydrogen (secondary N) is 1. The van der Waals surface area contributed by atoms with Gasteiger partial charge in [-0.05, 0) is 37.6 Å². The van der Waals surface area contributed by atoms with E-state index in [0.717, 1.165) is 27.4 Å².